The number of halogens is 6. The van der Waals surface area contributed by atoms with E-state index in [4.69, 9.17) is 23.2 Å². The van der Waals surface area contributed by atoms with Crippen molar-refractivity contribution in [3.63, 3.8) is 0 Å². The summed E-state index contributed by atoms with van der Waals surface area (Å²) >= 11 is 11.7. The van der Waals surface area contributed by atoms with Gasteiger partial charge >= 0.3 is 6.18 Å². The van der Waals surface area contributed by atoms with Crippen molar-refractivity contribution in [2.75, 3.05) is 5.32 Å². The molecule has 23 heavy (non-hydrogen) atoms. The van der Waals surface area contributed by atoms with Crippen LogP contribution in [0.1, 0.15) is 5.56 Å². The maximum absolute atomic E-state index is 12.7. The van der Waals surface area contributed by atoms with Crippen molar-refractivity contribution in [3.8, 4) is 0 Å². The quantitative estimate of drug-likeness (QED) is 0.566. The molecular weight excluding hydrogens is 374 g/mol. The van der Waals surface area contributed by atoms with Gasteiger partial charge < -0.3 is 10.3 Å². The van der Waals surface area contributed by atoms with E-state index in [0.717, 1.165) is 12.1 Å². The first-order valence-corrected chi connectivity index (χ1v) is 6.87. The van der Waals surface area contributed by atoms with Crippen LogP contribution in [0.15, 0.2) is 36.4 Å². The summed E-state index contributed by atoms with van der Waals surface area (Å²) in [5, 5.41) is 3.70. The molecule has 0 amide bonds. The molecule has 0 spiro atoms. The first-order valence-electron chi connectivity index (χ1n) is 6.12. The van der Waals surface area contributed by atoms with Crippen LogP contribution in [0, 0.1) is 0 Å². The van der Waals surface area contributed by atoms with Crippen molar-refractivity contribution in [1.82, 2.24) is 9.97 Å². The third-order valence-electron chi connectivity index (χ3n) is 2.99. The number of anilines is 2. The van der Waals surface area contributed by atoms with E-state index < -0.39 is 11.7 Å². The topological polar surface area (TPSA) is 40.7 Å². The second-order valence-corrected chi connectivity index (χ2v) is 5.38. The minimum Gasteiger partial charge on any atom is -0.326 e. The summed E-state index contributed by atoms with van der Waals surface area (Å²) in [5.74, 6) is 0.313. The van der Waals surface area contributed by atoms with Gasteiger partial charge in [0.15, 0.2) is 0 Å². The minimum absolute atomic E-state index is 0. The number of imidazole rings is 1. The van der Waals surface area contributed by atoms with Crippen LogP contribution in [-0.4, -0.2) is 9.97 Å². The van der Waals surface area contributed by atoms with Crippen LogP contribution < -0.4 is 5.32 Å². The number of benzene rings is 2. The van der Waals surface area contributed by atoms with Crippen LogP contribution in [-0.2, 0) is 6.18 Å². The van der Waals surface area contributed by atoms with Crippen LogP contribution in [0.4, 0.5) is 24.8 Å². The number of hydrogen-bond acceptors (Lipinski definition) is 2. The molecule has 0 saturated carbocycles. The van der Waals surface area contributed by atoms with E-state index in [-0.39, 0.29) is 17.9 Å². The van der Waals surface area contributed by atoms with Gasteiger partial charge in [0.2, 0.25) is 5.95 Å². The lowest BCUT2D eigenvalue weighted by atomic mass is 10.2. The smallest absolute Gasteiger partial charge is 0.326 e. The van der Waals surface area contributed by atoms with Gasteiger partial charge in [0.25, 0.3) is 0 Å². The molecule has 0 aliphatic heterocycles. The van der Waals surface area contributed by atoms with Crippen molar-refractivity contribution >= 4 is 58.3 Å². The van der Waals surface area contributed by atoms with E-state index in [0.29, 0.717) is 27.2 Å². The zero-order chi connectivity index (χ0) is 15.9. The molecule has 0 fully saturated rings. The summed E-state index contributed by atoms with van der Waals surface area (Å²) in [4.78, 5) is 6.97. The van der Waals surface area contributed by atoms with E-state index in [1.807, 2.05) is 0 Å². The second-order valence-electron chi connectivity index (χ2n) is 4.57. The lowest BCUT2D eigenvalue weighted by Crippen LogP contribution is -2.04. The van der Waals surface area contributed by atoms with Gasteiger partial charge in [-0.15, -0.1) is 12.4 Å². The molecule has 2 aromatic carbocycles. The lowest BCUT2D eigenvalue weighted by Gasteiger charge is -2.05. The van der Waals surface area contributed by atoms with Gasteiger partial charge in [-0.3, -0.25) is 0 Å². The molecule has 0 aliphatic carbocycles. The van der Waals surface area contributed by atoms with Crippen molar-refractivity contribution in [2.24, 2.45) is 0 Å². The summed E-state index contributed by atoms with van der Waals surface area (Å²) in [6, 6.07) is 8.21. The summed E-state index contributed by atoms with van der Waals surface area (Å²) in [6.45, 7) is 0. The maximum Gasteiger partial charge on any atom is 0.416 e. The van der Waals surface area contributed by atoms with Gasteiger partial charge in [0, 0.05) is 5.69 Å². The Morgan fingerprint density at radius 1 is 1.00 bits per heavy atom. The van der Waals surface area contributed by atoms with E-state index in [1.165, 1.54) is 6.07 Å². The highest BCUT2D eigenvalue weighted by Gasteiger charge is 2.30. The number of nitrogens with one attached hydrogen (secondary N) is 2. The molecule has 1 aromatic heterocycles. The molecule has 1 heterocycles. The van der Waals surface area contributed by atoms with Crippen LogP contribution in [0.5, 0.6) is 0 Å². The summed E-state index contributed by atoms with van der Waals surface area (Å²) in [7, 11) is 0. The van der Waals surface area contributed by atoms with Gasteiger partial charge in [0.05, 0.1) is 26.6 Å². The van der Waals surface area contributed by atoms with Crippen LogP contribution in [0.2, 0.25) is 10.0 Å². The third-order valence-corrected chi connectivity index (χ3v) is 3.73. The van der Waals surface area contributed by atoms with Crippen molar-refractivity contribution in [1.29, 1.82) is 0 Å². The molecule has 122 valence electrons. The molecule has 0 atom stereocenters. The molecule has 2 N–H and O–H groups in total. The van der Waals surface area contributed by atoms with Gasteiger partial charge in [-0.25, -0.2) is 4.98 Å². The minimum atomic E-state index is -4.39. The molecule has 3 aromatic rings. The fourth-order valence-corrected chi connectivity index (χ4v) is 2.25. The summed E-state index contributed by atoms with van der Waals surface area (Å²) < 4.78 is 38.0. The SMILES string of the molecule is Cl.FC(F)(F)c1ccc2nc(Nc3ccc(Cl)c(Cl)c3)[nH]c2c1. The summed E-state index contributed by atoms with van der Waals surface area (Å²) in [6.07, 6.45) is -4.39. The van der Waals surface area contributed by atoms with E-state index in [1.54, 1.807) is 18.2 Å². The highest BCUT2D eigenvalue weighted by atomic mass is 35.5. The Balaban J connectivity index is 0.00000192. The van der Waals surface area contributed by atoms with Gasteiger partial charge in [-0.2, -0.15) is 13.2 Å². The fraction of sp³-hybridized carbons (Fsp3) is 0.0714. The van der Waals surface area contributed by atoms with Crippen LogP contribution in [0.3, 0.4) is 0 Å². The second kappa shape index (κ2) is 6.47. The Labute approximate surface area is 145 Å². The van der Waals surface area contributed by atoms with E-state index >= 15 is 0 Å². The first-order chi connectivity index (χ1) is 10.3. The number of nitrogens with zero attached hydrogens (tertiary/aromatic N) is 1. The van der Waals surface area contributed by atoms with Gasteiger partial charge in [-0.1, -0.05) is 23.2 Å². The Hall–Kier alpha value is -1.63. The predicted octanol–water partition coefficient (Wildman–Crippen LogP) is 6.05. The molecule has 0 bridgehead atoms. The Morgan fingerprint density at radius 3 is 2.39 bits per heavy atom. The standard InChI is InChI=1S/C14H8Cl2F3N3.ClH/c15-9-3-2-8(6-10(9)16)20-13-21-11-4-1-7(14(17,18)19)5-12(11)22-13;/h1-6H,(H2,20,21,22);1H. The van der Waals surface area contributed by atoms with Crippen molar-refractivity contribution < 1.29 is 13.2 Å². The molecule has 0 aliphatic rings. The fourth-order valence-electron chi connectivity index (χ4n) is 1.96. The molecule has 0 saturated heterocycles. The molecule has 3 rings (SSSR count). The highest BCUT2D eigenvalue weighted by molar-refractivity contribution is 6.42. The number of rotatable bonds is 2. The van der Waals surface area contributed by atoms with Crippen LogP contribution in [0.25, 0.3) is 11.0 Å². The number of fused-ring (bicyclic) bond motifs is 1. The largest absolute Gasteiger partial charge is 0.416 e. The van der Waals surface area contributed by atoms with Crippen molar-refractivity contribution in [2.45, 2.75) is 6.18 Å². The summed E-state index contributed by atoms with van der Waals surface area (Å²) in [5.41, 5.74) is 0.599. The molecule has 3 nitrogen and oxygen atoms in total. The third kappa shape index (κ3) is 3.83. The average Bonchev–Trinajstić information content (AvgIpc) is 2.83. The first kappa shape index (κ1) is 17.7. The molecule has 9 heteroatoms. The highest BCUT2D eigenvalue weighted by Crippen LogP contribution is 2.32. The number of aromatic nitrogens is 2. The number of aromatic amines is 1. The van der Waals surface area contributed by atoms with Gasteiger partial charge in [0.1, 0.15) is 0 Å². The zero-order valence-corrected chi connectivity index (χ0v) is 13.5. The number of hydrogen-bond donors (Lipinski definition) is 2. The zero-order valence-electron chi connectivity index (χ0n) is 11.2. The predicted molar refractivity (Wildman–Crippen MR) is 88.1 cm³/mol. The Kier molecular flexibility index (Phi) is 4.98. The molecule has 0 radical (unpaired) electrons. The maximum atomic E-state index is 12.7. The number of alkyl halides is 3. The molecular formula is C14H9Cl3F3N3. The van der Waals surface area contributed by atoms with Crippen molar-refractivity contribution in [3.05, 3.63) is 52.0 Å². The number of H-pyrrole nitrogens is 1. The Bertz CT molecular complexity index is 846. The lowest BCUT2D eigenvalue weighted by molar-refractivity contribution is -0.137. The van der Waals surface area contributed by atoms with E-state index in [9.17, 15) is 13.2 Å². The monoisotopic (exact) mass is 381 g/mol. The molecule has 0 unspecified atom stereocenters. The average molecular weight is 383 g/mol. The van der Waals surface area contributed by atoms with Crippen LogP contribution >= 0.6 is 35.6 Å². The Morgan fingerprint density at radius 2 is 1.74 bits per heavy atom. The van der Waals surface area contributed by atoms with E-state index in [2.05, 4.69) is 15.3 Å². The normalized spacial score (nSPS) is 11.3. The van der Waals surface area contributed by atoms with Gasteiger partial charge in [-0.05, 0) is 36.4 Å².